The van der Waals surface area contributed by atoms with Gasteiger partial charge in [0, 0.05) is 13.0 Å². The van der Waals surface area contributed by atoms with Gasteiger partial charge in [-0.2, -0.15) is 0 Å². The maximum Gasteiger partial charge on any atom is 0.326 e. The first kappa shape index (κ1) is 32.0. The van der Waals surface area contributed by atoms with E-state index in [1.165, 1.54) is 0 Å². The second kappa shape index (κ2) is 15.9. The molecule has 0 aromatic rings. The molecular weight excluding hydrogens is 480 g/mol. The second-order valence-corrected chi connectivity index (χ2v) is 8.35. The zero-order chi connectivity index (χ0) is 28.0. The topological polar surface area (TPSA) is 295 Å². The normalized spacial score (nSPS) is 14.0. The molecule has 0 spiro atoms. The van der Waals surface area contributed by atoms with Gasteiger partial charge in [-0.3, -0.25) is 29.0 Å². The molecule has 0 aromatic carbocycles. The number of amides is 4. The molecule has 0 aliphatic carbocycles. The number of guanidine groups is 1. The highest BCUT2D eigenvalue weighted by Gasteiger charge is 2.32. The Kier molecular flexibility index (Phi) is 14.1. The number of carboxylic acids is 2. The van der Waals surface area contributed by atoms with Crippen molar-refractivity contribution in [3.8, 4) is 0 Å². The lowest BCUT2D eigenvalue weighted by atomic mass is 10.0. The number of rotatable bonds is 17. The van der Waals surface area contributed by atoms with Crippen LogP contribution in [-0.2, 0) is 28.8 Å². The quantitative estimate of drug-likeness (QED) is 0.0514. The van der Waals surface area contributed by atoms with Crippen LogP contribution in [0.2, 0.25) is 0 Å². The molecule has 0 heterocycles. The molecule has 4 atom stereocenters. The molecule has 0 aromatic heterocycles. The van der Waals surface area contributed by atoms with Crippen LogP contribution in [0.5, 0.6) is 0 Å². The number of nitrogens with one attached hydrogen (secondary N) is 3. The number of nitrogens with two attached hydrogens (primary N) is 4. The van der Waals surface area contributed by atoms with Gasteiger partial charge in [0.2, 0.25) is 23.6 Å². The van der Waals surface area contributed by atoms with Crippen LogP contribution in [-0.4, -0.2) is 82.5 Å². The molecule has 0 fully saturated rings. The summed E-state index contributed by atoms with van der Waals surface area (Å²) < 4.78 is 0. The van der Waals surface area contributed by atoms with Crippen molar-refractivity contribution < 1.29 is 39.0 Å². The third-order valence-corrected chi connectivity index (χ3v) is 4.86. The molecule has 13 N–H and O–H groups in total. The third kappa shape index (κ3) is 13.1. The summed E-state index contributed by atoms with van der Waals surface area (Å²) in [5.41, 5.74) is 21.3. The van der Waals surface area contributed by atoms with Crippen molar-refractivity contribution in [1.82, 2.24) is 16.0 Å². The number of carbonyl (C=O) groups is 6. The minimum atomic E-state index is -1.67. The van der Waals surface area contributed by atoms with Gasteiger partial charge in [-0.15, -0.1) is 0 Å². The Labute approximate surface area is 207 Å². The molecule has 0 aliphatic rings. The number of primary amides is 1. The summed E-state index contributed by atoms with van der Waals surface area (Å²) in [4.78, 5) is 75.2. The largest absolute Gasteiger partial charge is 0.481 e. The fourth-order valence-electron chi connectivity index (χ4n) is 2.91. The van der Waals surface area contributed by atoms with Crippen molar-refractivity contribution in [3.05, 3.63) is 0 Å². The van der Waals surface area contributed by atoms with Gasteiger partial charge in [-0.1, -0.05) is 13.8 Å². The van der Waals surface area contributed by atoms with E-state index in [4.69, 9.17) is 28.0 Å². The van der Waals surface area contributed by atoms with Crippen LogP contribution in [0.1, 0.15) is 46.0 Å². The summed E-state index contributed by atoms with van der Waals surface area (Å²) >= 11 is 0. The van der Waals surface area contributed by atoms with Gasteiger partial charge in [0.15, 0.2) is 5.96 Å². The van der Waals surface area contributed by atoms with E-state index in [9.17, 15) is 33.9 Å². The van der Waals surface area contributed by atoms with Gasteiger partial charge in [-0.05, 0) is 25.2 Å². The van der Waals surface area contributed by atoms with Crippen LogP contribution in [0.4, 0.5) is 0 Å². The maximum absolute atomic E-state index is 12.8. The van der Waals surface area contributed by atoms with Gasteiger partial charge in [0.25, 0.3) is 0 Å². The van der Waals surface area contributed by atoms with Gasteiger partial charge >= 0.3 is 11.9 Å². The lowest BCUT2D eigenvalue weighted by Crippen LogP contribution is -2.58. The van der Waals surface area contributed by atoms with Gasteiger partial charge in [0.05, 0.1) is 12.5 Å². The fraction of sp³-hybridized carbons (Fsp3) is 0.650. The Morgan fingerprint density at radius 2 is 1.42 bits per heavy atom. The molecule has 204 valence electrons. The van der Waals surface area contributed by atoms with Crippen molar-refractivity contribution in [2.75, 3.05) is 6.54 Å². The highest BCUT2D eigenvalue weighted by atomic mass is 16.4. The molecule has 0 rings (SSSR count). The molecule has 0 saturated carbocycles. The maximum atomic E-state index is 12.8. The van der Waals surface area contributed by atoms with E-state index >= 15 is 0 Å². The Hall–Kier alpha value is -3.95. The zero-order valence-corrected chi connectivity index (χ0v) is 20.2. The monoisotopic (exact) mass is 516 g/mol. The van der Waals surface area contributed by atoms with E-state index in [0.717, 1.165) is 0 Å². The third-order valence-electron chi connectivity index (χ3n) is 4.86. The number of hydrogen-bond donors (Lipinski definition) is 9. The van der Waals surface area contributed by atoms with Crippen LogP contribution in [0.3, 0.4) is 0 Å². The highest BCUT2D eigenvalue weighted by Crippen LogP contribution is 2.07. The van der Waals surface area contributed by atoms with Crippen LogP contribution < -0.4 is 38.9 Å². The second-order valence-electron chi connectivity index (χ2n) is 8.35. The summed E-state index contributed by atoms with van der Waals surface area (Å²) in [7, 11) is 0. The first-order valence-corrected chi connectivity index (χ1v) is 11.1. The molecule has 0 bridgehead atoms. The first-order valence-electron chi connectivity index (χ1n) is 11.1. The van der Waals surface area contributed by atoms with Crippen molar-refractivity contribution in [3.63, 3.8) is 0 Å². The summed E-state index contributed by atoms with van der Waals surface area (Å²) in [6.07, 6.45) is -0.951. The van der Waals surface area contributed by atoms with E-state index in [1.54, 1.807) is 13.8 Å². The fourth-order valence-corrected chi connectivity index (χ4v) is 2.91. The summed E-state index contributed by atoms with van der Waals surface area (Å²) in [5.74, 6) is -6.96. The number of aliphatic carboxylic acids is 2. The van der Waals surface area contributed by atoms with E-state index in [-0.39, 0.29) is 31.8 Å². The lowest BCUT2D eigenvalue weighted by Gasteiger charge is -2.26. The standard InChI is InChI=1S/C20H36N8O8/c1-9(2)15(28-16(32)10(21)4-3-7-25-20(23)24)18(34)27-12(8-14(30)31)17(33)26-11(19(35)36)5-6-13(22)29/h9-12,15H,3-8,21H2,1-2H3,(H2,22,29)(H,26,33)(H,27,34)(H,28,32)(H,30,31)(H,35,36)(H4,23,24,25). The Bertz CT molecular complexity index is 844. The van der Waals surface area contributed by atoms with E-state index in [0.29, 0.717) is 6.42 Å². The van der Waals surface area contributed by atoms with Crippen molar-refractivity contribution in [2.45, 2.75) is 70.1 Å². The average molecular weight is 517 g/mol. The molecule has 4 unspecified atom stereocenters. The molecule has 36 heavy (non-hydrogen) atoms. The molecule has 16 heteroatoms. The van der Waals surface area contributed by atoms with Gasteiger partial charge in [0.1, 0.15) is 18.1 Å². The van der Waals surface area contributed by atoms with Gasteiger partial charge in [-0.25, -0.2) is 4.79 Å². The Morgan fingerprint density at radius 3 is 1.89 bits per heavy atom. The molecule has 4 amide bonds. The van der Waals surface area contributed by atoms with E-state index < -0.39 is 72.1 Å². The number of nitrogens with zero attached hydrogens (tertiary/aromatic N) is 1. The molecule has 0 saturated heterocycles. The predicted molar refractivity (Wildman–Crippen MR) is 127 cm³/mol. The van der Waals surface area contributed by atoms with Crippen LogP contribution in [0.15, 0.2) is 4.99 Å². The van der Waals surface area contributed by atoms with Gasteiger partial charge < -0.3 is 49.1 Å². The number of hydrogen-bond acceptors (Lipinski definition) is 8. The highest BCUT2D eigenvalue weighted by molar-refractivity contribution is 5.95. The summed E-state index contributed by atoms with van der Waals surface area (Å²) in [6.45, 7) is 3.46. The minimum Gasteiger partial charge on any atom is -0.481 e. The first-order chi connectivity index (χ1) is 16.6. The predicted octanol–water partition coefficient (Wildman–Crippen LogP) is -3.70. The van der Waals surface area contributed by atoms with Crippen LogP contribution in [0.25, 0.3) is 0 Å². The van der Waals surface area contributed by atoms with Crippen molar-refractivity contribution >= 4 is 41.5 Å². The smallest absolute Gasteiger partial charge is 0.326 e. The minimum absolute atomic E-state index is 0.105. The molecule has 0 aliphatic heterocycles. The number of carboxylic acid groups (broad SMARTS) is 2. The Morgan fingerprint density at radius 1 is 0.833 bits per heavy atom. The zero-order valence-electron chi connectivity index (χ0n) is 20.2. The number of carbonyl (C=O) groups excluding carboxylic acids is 4. The number of aliphatic imine (C=N–C) groups is 1. The van der Waals surface area contributed by atoms with Crippen LogP contribution in [0, 0.1) is 5.92 Å². The molecule has 0 radical (unpaired) electrons. The van der Waals surface area contributed by atoms with E-state index in [2.05, 4.69) is 20.9 Å². The van der Waals surface area contributed by atoms with E-state index in [1.807, 2.05) is 0 Å². The summed E-state index contributed by atoms with van der Waals surface area (Å²) in [5, 5.41) is 25.2. The molecule has 16 nitrogen and oxygen atoms in total. The molecular formula is C20H36N8O8. The van der Waals surface area contributed by atoms with Crippen LogP contribution >= 0.6 is 0 Å². The summed E-state index contributed by atoms with van der Waals surface area (Å²) in [6, 6.07) is -5.39. The SMILES string of the molecule is CC(C)C(NC(=O)C(N)CCCN=C(N)N)C(=O)NC(CC(=O)O)C(=O)NC(CCC(N)=O)C(=O)O. The van der Waals surface area contributed by atoms with Crippen molar-refractivity contribution in [2.24, 2.45) is 33.8 Å². The average Bonchev–Trinajstić information content (AvgIpc) is 2.75. The lowest BCUT2D eigenvalue weighted by molar-refractivity contribution is -0.144. The Balaban J connectivity index is 5.35. The van der Waals surface area contributed by atoms with Crippen molar-refractivity contribution in [1.29, 1.82) is 0 Å².